The van der Waals surface area contributed by atoms with Crippen LogP contribution in [0.1, 0.15) is 39.0 Å². The van der Waals surface area contributed by atoms with Gasteiger partial charge in [0.15, 0.2) is 0 Å². The first-order valence-corrected chi connectivity index (χ1v) is 6.27. The molecule has 0 aliphatic rings. The number of unbranched alkanes of at least 4 members (excludes halogenated alkanes) is 4. The van der Waals surface area contributed by atoms with E-state index >= 15 is 0 Å². The molecule has 0 amide bonds. The summed E-state index contributed by atoms with van der Waals surface area (Å²) in [6.07, 6.45) is 6.52. The van der Waals surface area contributed by atoms with Crippen LogP contribution in [0, 0.1) is 6.92 Å². The second-order valence-corrected chi connectivity index (χ2v) is 1.91. The molecule has 0 radical (unpaired) electrons. The molecule has 0 saturated carbocycles. The van der Waals surface area contributed by atoms with Gasteiger partial charge < -0.3 is 6.92 Å². The molecule has 0 nitrogen and oxygen atoms in total. The van der Waals surface area contributed by atoms with E-state index in [1.165, 1.54) is 25.7 Å². The van der Waals surface area contributed by atoms with E-state index in [1.807, 2.05) is 0 Å². The van der Waals surface area contributed by atoms with Crippen LogP contribution < -0.4 is 0 Å². The third-order valence-corrected chi connectivity index (χ3v) is 1.10. The van der Waals surface area contributed by atoms with E-state index in [2.05, 4.69) is 42.2 Å². The number of hydrogen-bond donors (Lipinski definition) is 0. The van der Waals surface area contributed by atoms with Crippen molar-refractivity contribution in [3.8, 4) is 0 Å². The van der Waals surface area contributed by atoms with E-state index in [9.17, 15) is 0 Å². The van der Waals surface area contributed by atoms with Crippen molar-refractivity contribution in [2.45, 2.75) is 39.0 Å². The molecular formula is C7H15BrMn. The Bertz CT molecular complexity index is 28.1. The Morgan fingerprint density at radius 2 is 1.78 bits per heavy atom. The first-order chi connectivity index (χ1) is 4.41. The number of halogens is 1. The molecule has 0 aromatic heterocycles. The Hall–Kier alpha value is 0.999. The zero-order valence-corrected chi connectivity index (χ0v) is 8.76. The van der Waals surface area contributed by atoms with E-state index in [-0.39, 0.29) is 0 Å². The van der Waals surface area contributed by atoms with Crippen molar-refractivity contribution in [1.82, 2.24) is 0 Å². The molecule has 0 heterocycles. The molecule has 0 unspecified atom stereocenters. The van der Waals surface area contributed by atoms with Gasteiger partial charge in [-0.15, -0.1) is 0 Å². The summed E-state index contributed by atoms with van der Waals surface area (Å²) in [5.74, 6) is 0. The average Bonchev–Trinajstić information content (AvgIpc) is 1.94. The van der Waals surface area contributed by atoms with Crippen LogP contribution in [0.4, 0.5) is 0 Å². The summed E-state index contributed by atoms with van der Waals surface area (Å²) in [4.78, 5) is 0. The van der Waals surface area contributed by atoms with Crippen LogP contribution in [-0.2, 0) is 14.2 Å². The first-order valence-electron chi connectivity index (χ1n) is 3.35. The van der Waals surface area contributed by atoms with Crippen molar-refractivity contribution in [1.29, 1.82) is 0 Å². The van der Waals surface area contributed by atoms with Gasteiger partial charge in [0.2, 0.25) is 0 Å². The molecular weight excluding hydrogens is 219 g/mol. The predicted molar refractivity (Wildman–Crippen MR) is 43.0 cm³/mol. The third-order valence-electron chi connectivity index (χ3n) is 1.10. The quantitative estimate of drug-likeness (QED) is 0.395. The Kier molecular flexibility index (Phi) is 22.5. The van der Waals surface area contributed by atoms with Crippen LogP contribution in [0.3, 0.4) is 0 Å². The fourth-order valence-corrected chi connectivity index (χ4v) is 0.604. The predicted octanol–water partition coefficient (Wildman–Crippen LogP) is 3.63. The van der Waals surface area contributed by atoms with Gasteiger partial charge in [-0.2, -0.15) is 6.42 Å². The summed E-state index contributed by atoms with van der Waals surface area (Å²) in [6.45, 7) is 5.98. The van der Waals surface area contributed by atoms with Crippen molar-refractivity contribution in [3.05, 3.63) is 6.92 Å². The Morgan fingerprint density at radius 1 is 1.22 bits per heavy atom. The minimum atomic E-state index is 1.11. The summed E-state index contributed by atoms with van der Waals surface area (Å²) in [5.41, 5.74) is 0. The second kappa shape index (κ2) is 16.0. The van der Waals surface area contributed by atoms with Gasteiger partial charge in [-0.1, -0.05) is 32.6 Å². The minimum absolute atomic E-state index is 1.11. The second-order valence-electron chi connectivity index (χ2n) is 1.91. The van der Waals surface area contributed by atoms with E-state index in [4.69, 9.17) is 0 Å². The van der Waals surface area contributed by atoms with Gasteiger partial charge in [-0.25, -0.2) is 0 Å². The molecule has 0 bridgehead atoms. The maximum absolute atomic E-state index is 3.76. The van der Waals surface area contributed by atoms with Crippen molar-refractivity contribution in [3.63, 3.8) is 0 Å². The van der Waals surface area contributed by atoms with Crippen LogP contribution >= 0.6 is 14.1 Å². The van der Waals surface area contributed by atoms with Gasteiger partial charge in [-0.05, 0) is 0 Å². The molecule has 0 rings (SSSR count). The molecule has 0 aliphatic heterocycles. The summed E-state index contributed by atoms with van der Waals surface area (Å²) in [7, 11) is 0. The van der Waals surface area contributed by atoms with Gasteiger partial charge in [0.1, 0.15) is 0 Å². The van der Waals surface area contributed by atoms with Crippen LogP contribution in [0.25, 0.3) is 0 Å². The Balaban J connectivity index is 0. The summed E-state index contributed by atoms with van der Waals surface area (Å²) >= 11 is 5.50. The summed E-state index contributed by atoms with van der Waals surface area (Å²) in [6, 6.07) is 0. The van der Waals surface area contributed by atoms with Crippen LogP contribution in [0.15, 0.2) is 0 Å². The van der Waals surface area contributed by atoms with Crippen molar-refractivity contribution >= 4 is 14.1 Å². The molecule has 0 aliphatic carbocycles. The van der Waals surface area contributed by atoms with Crippen LogP contribution in [-0.4, -0.2) is 0 Å². The summed E-state index contributed by atoms with van der Waals surface area (Å²) < 4.78 is 0. The standard InChI is InChI=1S/C7H15.BrH.Mn/c1-3-5-7-6-4-2;;/h1,3-7H2,2H3;1H;/q-1;;+2/p-1. The Labute approximate surface area is 74.3 Å². The monoisotopic (exact) mass is 233 g/mol. The van der Waals surface area contributed by atoms with Gasteiger partial charge in [-0.3, -0.25) is 0 Å². The fourth-order valence-electron chi connectivity index (χ4n) is 0.604. The normalized spacial score (nSPS) is 7.89. The molecule has 0 aromatic carbocycles. The van der Waals surface area contributed by atoms with Gasteiger partial charge in [0.25, 0.3) is 0 Å². The van der Waals surface area contributed by atoms with Crippen LogP contribution in [0.5, 0.6) is 0 Å². The third kappa shape index (κ3) is 17.6. The average molecular weight is 234 g/mol. The van der Waals surface area contributed by atoms with Gasteiger partial charge >= 0.3 is 28.3 Å². The molecule has 0 aromatic rings. The van der Waals surface area contributed by atoms with Gasteiger partial charge in [0.05, 0.1) is 0 Å². The topological polar surface area (TPSA) is 0 Å². The van der Waals surface area contributed by atoms with E-state index in [0.717, 1.165) is 6.42 Å². The van der Waals surface area contributed by atoms with Crippen LogP contribution in [0.2, 0.25) is 0 Å². The number of hydrogen-bond acceptors (Lipinski definition) is 0. The van der Waals surface area contributed by atoms with E-state index in [1.54, 1.807) is 0 Å². The molecule has 0 N–H and O–H groups in total. The zero-order valence-electron chi connectivity index (χ0n) is 6.00. The maximum atomic E-state index is 3.76. The molecule has 2 heteroatoms. The Morgan fingerprint density at radius 3 is 2.11 bits per heavy atom. The SMILES string of the molecule is [CH2-]CCCCCC.[Mn+][Br]. The fraction of sp³-hybridized carbons (Fsp3) is 0.857. The van der Waals surface area contributed by atoms with E-state index in [0.29, 0.717) is 0 Å². The number of rotatable bonds is 4. The molecule has 0 saturated heterocycles. The molecule has 57 valence electrons. The van der Waals surface area contributed by atoms with Crippen molar-refractivity contribution < 1.29 is 14.2 Å². The zero-order chi connectivity index (χ0) is 7.54. The van der Waals surface area contributed by atoms with E-state index < -0.39 is 0 Å². The van der Waals surface area contributed by atoms with Gasteiger partial charge in [0, 0.05) is 0 Å². The molecule has 9 heavy (non-hydrogen) atoms. The van der Waals surface area contributed by atoms with Crippen molar-refractivity contribution in [2.24, 2.45) is 0 Å². The van der Waals surface area contributed by atoms with Crippen molar-refractivity contribution in [2.75, 3.05) is 0 Å². The molecule has 0 spiro atoms. The summed E-state index contributed by atoms with van der Waals surface area (Å²) in [5, 5.41) is 0. The molecule has 0 atom stereocenters. The molecule has 0 fully saturated rings. The first kappa shape index (κ1) is 12.7.